The first-order chi connectivity index (χ1) is 18.5. The minimum atomic E-state index is -0.574. The molecule has 7 nitrogen and oxygen atoms in total. The molecule has 1 unspecified atom stereocenters. The zero-order valence-corrected chi connectivity index (χ0v) is 22.3. The van der Waals surface area contributed by atoms with Crippen molar-refractivity contribution in [1.82, 2.24) is 14.8 Å². The van der Waals surface area contributed by atoms with Crippen molar-refractivity contribution in [1.29, 1.82) is 0 Å². The molecule has 188 valence electrons. The first-order valence-electron chi connectivity index (χ1n) is 12.0. The summed E-state index contributed by atoms with van der Waals surface area (Å²) in [5.74, 6) is -0.269. The lowest BCUT2D eigenvalue weighted by Crippen LogP contribution is -2.40. The number of para-hydroxylation sites is 1. The van der Waals surface area contributed by atoms with Gasteiger partial charge in [-0.25, -0.2) is 4.99 Å². The fourth-order valence-electron chi connectivity index (χ4n) is 4.61. The average molecular weight is 538 g/mol. The van der Waals surface area contributed by atoms with Gasteiger partial charge in [-0.15, -0.1) is 11.3 Å². The van der Waals surface area contributed by atoms with E-state index in [2.05, 4.69) is 15.5 Å². The highest BCUT2D eigenvalue weighted by atomic mass is 32.1. The van der Waals surface area contributed by atoms with Crippen LogP contribution in [0.15, 0.2) is 99.4 Å². The first kappa shape index (κ1) is 24.0. The van der Waals surface area contributed by atoms with Crippen molar-refractivity contribution >= 4 is 40.3 Å². The van der Waals surface area contributed by atoms with Gasteiger partial charge in [-0.2, -0.15) is 5.10 Å². The van der Waals surface area contributed by atoms with E-state index in [1.807, 2.05) is 92.0 Å². The van der Waals surface area contributed by atoms with Crippen LogP contribution in [0.25, 0.3) is 17.3 Å². The lowest BCUT2D eigenvalue weighted by atomic mass is 10.0. The number of carbonyl (C=O) groups excluding carboxylic acids is 1. The molecule has 2 aromatic carbocycles. The summed E-state index contributed by atoms with van der Waals surface area (Å²) in [5.41, 5.74) is 5.17. The van der Waals surface area contributed by atoms with E-state index in [1.165, 1.54) is 22.7 Å². The monoisotopic (exact) mass is 537 g/mol. The van der Waals surface area contributed by atoms with E-state index in [9.17, 15) is 9.59 Å². The number of anilines is 1. The smallest absolute Gasteiger partial charge is 0.271 e. The van der Waals surface area contributed by atoms with E-state index in [-0.39, 0.29) is 11.5 Å². The van der Waals surface area contributed by atoms with Crippen molar-refractivity contribution in [2.45, 2.75) is 19.9 Å². The van der Waals surface area contributed by atoms with Crippen molar-refractivity contribution in [3.05, 3.63) is 125 Å². The number of aromatic nitrogens is 3. The van der Waals surface area contributed by atoms with E-state index in [4.69, 9.17) is 4.99 Å². The van der Waals surface area contributed by atoms with Gasteiger partial charge in [0.05, 0.1) is 27.7 Å². The van der Waals surface area contributed by atoms with Crippen LogP contribution in [0, 0.1) is 6.92 Å². The summed E-state index contributed by atoms with van der Waals surface area (Å²) in [6.07, 6.45) is 3.55. The Kier molecular flexibility index (Phi) is 6.22. The largest absolute Gasteiger partial charge is 0.322 e. The van der Waals surface area contributed by atoms with Crippen LogP contribution in [0.4, 0.5) is 5.69 Å². The van der Waals surface area contributed by atoms with Gasteiger partial charge in [0, 0.05) is 21.7 Å². The summed E-state index contributed by atoms with van der Waals surface area (Å²) in [6, 6.07) is 20.8. The van der Waals surface area contributed by atoms with Crippen molar-refractivity contribution < 1.29 is 4.79 Å². The lowest BCUT2D eigenvalue weighted by molar-refractivity contribution is -0.113. The molecular formula is C29H23N5O2S2. The van der Waals surface area contributed by atoms with Crippen molar-refractivity contribution in [2.24, 2.45) is 4.99 Å². The molecule has 0 spiro atoms. The van der Waals surface area contributed by atoms with Crippen LogP contribution in [0.3, 0.4) is 0 Å². The number of carbonyl (C=O) groups is 1. The van der Waals surface area contributed by atoms with Gasteiger partial charge in [-0.1, -0.05) is 65.9 Å². The molecule has 2 N–H and O–H groups in total. The first-order valence-corrected chi connectivity index (χ1v) is 13.7. The van der Waals surface area contributed by atoms with E-state index < -0.39 is 6.04 Å². The number of allylic oxidation sites excluding steroid dienone is 1. The summed E-state index contributed by atoms with van der Waals surface area (Å²) < 4.78 is 2.17. The molecule has 0 radical (unpaired) electrons. The standard InChI is InChI=1S/C29H23N5O2S2/c1-17-9-6-7-12-21(17)32-27(35)24-18(2)31-29-34(26(24)22-13-8-14-37-22)28(36)23(38-29)15-20-16-30-33-25(20)19-10-4-3-5-11-19/h3-16,26H,1-2H3,(H,30,33)(H,32,35)/b23-15+. The Morgan fingerprint density at radius 3 is 2.61 bits per heavy atom. The molecular weight excluding hydrogens is 514 g/mol. The number of aromatic amines is 1. The molecule has 3 aromatic heterocycles. The molecule has 0 saturated carbocycles. The fraction of sp³-hybridized carbons (Fsp3) is 0.103. The highest BCUT2D eigenvalue weighted by Crippen LogP contribution is 2.33. The Balaban J connectivity index is 1.48. The Bertz CT molecular complexity index is 1860. The predicted molar refractivity (Wildman–Crippen MR) is 152 cm³/mol. The fourth-order valence-corrected chi connectivity index (χ4v) is 6.47. The molecule has 1 amide bonds. The number of nitrogens with one attached hydrogen (secondary N) is 2. The summed E-state index contributed by atoms with van der Waals surface area (Å²) in [6.45, 7) is 3.77. The molecule has 5 aromatic rings. The number of thiophene rings is 1. The molecule has 0 fully saturated rings. The number of nitrogens with zero attached hydrogens (tertiary/aromatic N) is 3. The van der Waals surface area contributed by atoms with Gasteiger partial charge in [-0.3, -0.25) is 19.3 Å². The molecule has 0 saturated heterocycles. The third kappa shape index (κ3) is 4.25. The zero-order valence-electron chi connectivity index (χ0n) is 20.6. The Hall–Kier alpha value is -4.34. The number of thiazole rings is 1. The zero-order chi connectivity index (χ0) is 26.2. The maximum absolute atomic E-state index is 13.9. The Morgan fingerprint density at radius 1 is 1.05 bits per heavy atom. The van der Waals surface area contributed by atoms with Crippen molar-refractivity contribution in [3.63, 3.8) is 0 Å². The van der Waals surface area contributed by atoms with Gasteiger partial charge < -0.3 is 5.32 Å². The van der Waals surface area contributed by atoms with Gasteiger partial charge in [-0.05, 0) is 43.0 Å². The van der Waals surface area contributed by atoms with Gasteiger partial charge >= 0.3 is 0 Å². The minimum Gasteiger partial charge on any atom is -0.322 e. The molecule has 38 heavy (non-hydrogen) atoms. The summed E-state index contributed by atoms with van der Waals surface area (Å²) in [5, 5.41) is 12.2. The Labute approximate surface area is 226 Å². The van der Waals surface area contributed by atoms with Crippen LogP contribution in [0.1, 0.15) is 29.0 Å². The van der Waals surface area contributed by atoms with E-state index in [1.54, 1.807) is 10.8 Å². The van der Waals surface area contributed by atoms with E-state index >= 15 is 0 Å². The molecule has 1 atom stereocenters. The summed E-state index contributed by atoms with van der Waals surface area (Å²) in [4.78, 5) is 33.7. The third-order valence-electron chi connectivity index (χ3n) is 6.49. The normalized spacial score (nSPS) is 15.3. The quantitative estimate of drug-likeness (QED) is 0.342. The number of aryl methyl sites for hydroxylation is 1. The molecule has 0 bridgehead atoms. The molecule has 1 aliphatic rings. The second-order valence-electron chi connectivity index (χ2n) is 8.93. The number of fused-ring (bicyclic) bond motifs is 1. The highest BCUT2D eigenvalue weighted by molar-refractivity contribution is 7.10. The average Bonchev–Trinajstić information content (AvgIpc) is 3.67. The molecule has 4 heterocycles. The van der Waals surface area contributed by atoms with Crippen molar-refractivity contribution in [2.75, 3.05) is 5.32 Å². The van der Waals surface area contributed by atoms with Gasteiger partial charge in [0.2, 0.25) is 0 Å². The number of amides is 1. The second kappa shape index (κ2) is 9.85. The van der Waals surface area contributed by atoms with Gasteiger partial charge in [0.25, 0.3) is 11.5 Å². The van der Waals surface area contributed by atoms with E-state index in [0.29, 0.717) is 20.6 Å². The van der Waals surface area contributed by atoms with Crippen LogP contribution in [0.5, 0.6) is 0 Å². The van der Waals surface area contributed by atoms with Gasteiger partial charge in [0.15, 0.2) is 4.80 Å². The number of rotatable bonds is 5. The second-order valence-corrected chi connectivity index (χ2v) is 10.9. The van der Waals surface area contributed by atoms with Crippen LogP contribution in [-0.4, -0.2) is 20.7 Å². The number of benzene rings is 2. The van der Waals surface area contributed by atoms with E-state index in [0.717, 1.165) is 32.9 Å². The molecule has 1 aliphatic heterocycles. The number of H-pyrrole nitrogens is 1. The number of hydrogen-bond donors (Lipinski definition) is 2. The maximum Gasteiger partial charge on any atom is 0.271 e. The van der Waals surface area contributed by atoms with Crippen LogP contribution < -0.4 is 20.2 Å². The topological polar surface area (TPSA) is 92.1 Å². The van der Waals surface area contributed by atoms with Crippen LogP contribution in [0.2, 0.25) is 0 Å². The molecule has 0 aliphatic carbocycles. The third-order valence-corrected chi connectivity index (χ3v) is 8.40. The lowest BCUT2D eigenvalue weighted by Gasteiger charge is -2.24. The number of hydrogen-bond acceptors (Lipinski definition) is 6. The molecule has 9 heteroatoms. The van der Waals surface area contributed by atoms with Crippen LogP contribution >= 0.6 is 22.7 Å². The van der Waals surface area contributed by atoms with Crippen LogP contribution in [-0.2, 0) is 4.79 Å². The highest BCUT2D eigenvalue weighted by Gasteiger charge is 2.33. The predicted octanol–water partition coefficient (Wildman–Crippen LogP) is 4.63. The van der Waals surface area contributed by atoms with Crippen molar-refractivity contribution in [3.8, 4) is 11.3 Å². The maximum atomic E-state index is 13.9. The van der Waals surface area contributed by atoms with Gasteiger partial charge in [0.1, 0.15) is 6.04 Å². The minimum absolute atomic E-state index is 0.193. The molecule has 6 rings (SSSR count). The Morgan fingerprint density at radius 2 is 1.84 bits per heavy atom. The summed E-state index contributed by atoms with van der Waals surface area (Å²) in [7, 11) is 0. The SMILES string of the molecule is CC1=C(C(=O)Nc2ccccc2C)C(c2cccs2)n2c(s/c(=C/c3cn[nH]c3-c3ccccc3)c2=O)=N1. The summed E-state index contributed by atoms with van der Waals surface area (Å²) >= 11 is 2.83.